The van der Waals surface area contributed by atoms with Crippen LogP contribution in [-0.2, 0) is 19.4 Å². The number of hydrogen-bond acceptors (Lipinski definition) is 4. The molecule has 1 amide bonds. The van der Waals surface area contributed by atoms with Crippen molar-refractivity contribution in [2.24, 2.45) is 0 Å². The summed E-state index contributed by atoms with van der Waals surface area (Å²) in [7, 11) is -3.97. The zero-order valence-electron chi connectivity index (χ0n) is 11.5. The molecule has 1 saturated heterocycles. The van der Waals surface area contributed by atoms with Crippen molar-refractivity contribution in [3.63, 3.8) is 0 Å². The van der Waals surface area contributed by atoms with Gasteiger partial charge in [0.15, 0.2) is 9.84 Å². The second kappa shape index (κ2) is 5.85. The first-order valence-corrected chi connectivity index (χ1v) is 8.26. The Hall–Kier alpha value is -1.67. The van der Waals surface area contributed by atoms with Gasteiger partial charge in [-0.1, -0.05) is 11.6 Å². The molecule has 1 aromatic carbocycles. The third kappa shape index (κ3) is 2.93. The molecule has 22 heavy (non-hydrogen) atoms. The van der Waals surface area contributed by atoms with E-state index >= 15 is 0 Å². The van der Waals surface area contributed by atoms with Crippen LogP contribution in [-0.4, -0.2) is 48.1 Å². The highest BCUT2D eigenvalue weighted by atomic mass is 35.5. The van der Waals surface area contributed by atoms with E-state index in [0.29, 0.717) is 0 Å². The van der Waals surface area contributed by atoms with E-state index in [9.17, 15) is 22.4 Å². The van der Waals surface area contributed by atoms with Crippen LogP contribution < -0.4 is 0 Å². The summed E-state index contributed by atoms with van der Waals surface area (Å²) < 4.78 is 38.2. The molecule has 0 saturated carbocycles. The van der Waals surface area contributed by atoms with Crippen molar-refractivity contribution in [1.82, 2.24) is 4.90 Å². The van der Waals surface area contributed by atoms with Crippen LogP contribution >= 0.6 is 11.6 Å². The van der Waals surface area contributed by atoms with Gasteiger partial charge in [0, 0.05) is 13.5 Å². The lowest BCUT2D eigenvalue weighted by Gasteiger charge is -2.19. The summed E-state index contributed by atoms with van der Waals surface area (Å²) in [5.74, 6) is -2.46. The number of amides is 1. The SMILES string of the molecule is CC(=O)N1C[C@H](S(=O)(=O)c2ccc(F)cc2Cl)C[C@H]1C(=O)O. The number of carbonyl (C=O) groups excluding carboxylic acids is 1. The molecule has 1 N–H and O–H groups in total. The number of hydrogen-bond donors (Lipinski definition) is 1. The lowest BCUT2D eigenvalue weighted by Crippen LogP contribution is -2.39. The number of nitrogens with zero attached hydrogens (tertiary/aromatic N) is 1. The summed E-state index contributed by atoms with van der Waals surface area (Å²) in [5.41, 5.74) is 0. The minimum Gasteiger partial charge on any atom is -0.480 e. The summed E-state index contributed by atoms with van der Waals surface area (Å²) in [6, 6.07) is 1.68. The fourth-order valence-corrected chi connectivity index (χ4v) is 4.72. The van der Waals surface area contributed by atoms with Gasteiger partial charge < -0.3 is 10.0 Å². The van der Waals surface area contributed by atoms with Crippen LogP contribution in [0.15, 0.2) is 23.1 Å². The van der Waals surface area contributed by atoms with Crippen molar-refractivity contribution in [2.45, 2.75) is 29.5 Å². The predicted octanol–water partition coefficient (Wildman–Crippen LogP) is 1.33. The standard InChI is InChI=1S/C13H13ClFNO5S/c1-7(17)16-6-9(5-11(16)13(18)19)22(20,21)12-3-2-8(15)4-10(12)14/h2-4,9,11H,5-6H2,1H3,(H,18,19)/t9-,11+/m1/s1. The first kappa shape index (κ1) is 16.7. The summed E-state index contributed by atoms with van der Waals surface area (Å²) in [4.78, 5) is 23.4. The molecule has 1 fully saturated rings. The average Bonchev–Trinajstić information content (AvgIpc) is 2.84. The highest BCUT2D eigenvalue weighted by Gasteiger charge is 2.44. The van der Waals surface area contributed by atoms with Crippen LogP contribution in [0, 0.1) is 5.82 Å². The molecule has 0 aromatic heterocycles. The van der Waals surface area contributed by atoms with E-state index < -0.39 is 38.8 Å². The van der Waals surface area contributed by atoms with E-state index in [2.05, 4.69) is 0 Å². The first-order chi connectivity index (χ1) is 10.1. The number of rotatable bonds is 3. The lowest BCUT2D eigenvalue weighted by molar-refractivity contribution is -0.147. The van der Waals surface area contributed by atoms with Crippen LogP contribution in [0.1, 0.15) is 13.3 Å². The molecule has 0 bridgehead atoms. The van der Waals surface area contributed by atoms with Crippen LogP contribution in [0.5, 0.6) is 0 Å². The Morgan fingerprint density at radius 1 is 1.41 bits per heavy atom. The van der Waals surface area contributed by atoms with Crippen molar-refractivity contribution in [3.8, 4) is 0 Å². The van der Waals surface area contributed by atoms with Gasteiger partial charge in [0.1, 0.15) is 11.9 Å². The van der Waals surface area contributed by atoms with E-state index in [-0.39, 0.29) is 22.9 Å². The molecule has 1 aromatic rings. The van der Waals surface area contributed by atoms with Crippen molar-refractivity contribution in [3.05, 3.63) is 29.0 Å². The predicted molar refractivity (Wildman–Crippen MR) is 75.8 cm³/mol. The molecule has 0 radical (unpaired) electrons. The van der Waals surface area contributed by atoms with Crippen LogP contribution in [0.2, 0.25) is 5.02 Å². The molecule has 120 valence electrons. The molecule has 6 nitrogen and oxygen atoms in total. The van der Waals surface area contributed by atoms with Crippen molar-refractivity contribution in [2.75, 3.05) is 6.54 Å². The van der Waals surface area contributed by atoms with Crippen LogP contribution in [0.4, 0.5) is 4.39 Å². The number of likely N-dealkylation sites (tertiary alicyclic amines) is 1. The van der Waals surface area contributed by atoms with E-state index in [1.54, 1.807) is 0 Å². The number of aliphatic carboxylic acids is 1. The van der Waals surface area contributed by atoms with Crippen molar-refractivity contribution >= 4 is 33.3 Å². The molecule has 1 heterocycles. The average molecular weight is 350 g/mol. The van der Waals surface area contributed by atoms with Crippen LogP contribution in [0.3, 0.4) is 0 Å². The Kier molecular flexibility index (Phi) is 4.44. The Balaban J connectivity index is 2.39. The van der Waals surface area contributed by atoms with Gasteiger partial charge in [-0.25, -0.2) is 17.6 Å². The third-order valence-electron chi connectivity index (χ3n) is 3.59. The molecule has 0 unspecified atom stereocenters. The topological polar surface area (TPSA) is 91.8 Å². The molecular formula is C13H13ClFNO5S. The minimum absolute atomic E-state index is 0.231. The maximum Gasteiger partial charge on any atom is 0.326 e. The molecule has 9 heteroatoms. The Morgan fingerprint density at radius 3 is 2.50 bits per heavy atom. The van der Waals surface area contributed by atoms with Crippen molar-refractivity contribution in [1.29, 1.82) is 0 Å². The first-order valence-electron chi connectivity index (χ1n) is 6.33. The maximum absolute atomic E-state index is 13.0. The Bertz CT molecular complexity index is 714. The normalized spacial score (nSPS) is 21.9. The molecule has 0 spiro atoms. The summed E-state index contributed by atoms with van der Waals surface area (Å²) in [6.07, 6.45) is -0.231. The number of carboxylic acid groups (broad SMARTS) is 1. The van der Waals surface area contributed by atoms with Gasteiger partial charge in [-0.15, -0.1) is 0 Å². The van der Waals surface area contributed by atoms with Gasteiger partial charge in [0.25, 0.3) is 0 Å². The summed E-state index contributed by atoms with van der Waals surface area (Å²) in [6.45, 7) is 0.943. The van der Waals surface area contributed by atoms with Gasteiger partial charge in [-0.3, -0.25) is 4.79 Å². The van der Waals surface area contributed by atoms with E-state index in [1.165, 1.54) is 6.92 Å². The second-order valence-corrected chi connectivity index (χ2v) is 7.61. The Morgan fingerprint density at radius 2 is 2.05 bits per heavy atom. The van der Waals surface area contributed by atoms with Crippen molar-refractivity contribution < 1.29 is 27.5 Å². The van der Waals surface area contributed by atoms with Gasteiger partial charge in [0.2, 0.25) is 5.91 Å². The molecule has 0 aliphatic carbocycles. The highest BCUT2D eigenvalue weighted by molar-refractivity contribution is 7.92. The molecular weight excluding hydrogens is 337 g/mol. The summed E-state index contributed by atoms with van der Waals surface area (Å²) >= 11 is 5.77. The van der Waals surface area contributed by atoms with E-state index in [0.717, 1.165) is 23.1 Å². The monoisotopic (exact) mass is 349 g/mol. The van der Waals surface area contributed by atoms with Gasteiger partial charge >= 0.3 is 5.97 Å². The van der Waals surface area contributed by atoms with Gasteiger partial charge in [-0.05, 0) is 24.6 Å². The fraction of sp³-hybridized carbons (Fsp3) is 0.385. The number of carbonyl (C=O) groups is 2. The second-order valence-electron chi connectivity index (χ2n) is 5.00. The molecule has 2 rings (SSSR count). The largest absolute Gasteiger partial charge is 0.480 e. The summed E-state index contributed by atoms with van der Waals surface area (Å²) in [5, 5.41) is 7.75. The maximum atomic E-state index is 13.0. The number of halogens is 2. The third-order valence-corrected chi connectivity index (χ3v) is 6.20. The fourth-order valence-electron chi connectivity index (χ4n) is 2.49. The van der Waals surface area contributed by atoms with E-state index in [4.69, 9.17) is 16.7 Å². The van der Waals surface area contributed by atoms with Crippen LogP contribution in [0.25, 0.3) is 0 Å². The number of benzene rings is 1. The zero-order chi connectivity index (χ0) is 16.7. The van der Waals surface area contributed by atoms with Gasteiger partial charge in [-0.2, -0.15) is 0 Å². The quantitative estimate of drug-likeness (QED) is 0.831. The highest BCUT2D eigenvalue weighted by Crippen LogP contribution is 2.32. The number of sulfone groups is 1. The van der Waals surface area contributed by atoms with Gasteiger partial charge in [0.05, 0.1) is 15.2 Å². The minimum atomic E-state index is -3.97. The zero-order valence-corrected chi connectivity index (χ0v) is 13.1. The lowest BCUT2D eigenvalue weighted by atomic mass is 10.2. The Labute approximate surface area is 131 Å². The molecule has 1 aliphatic rings. The van der Waals surface area contributed by atoms with E-state index in [1.807, 2.05) is 0 Å². The molecule has 1 aliphatic heterocycles. The number of carboxylic acids is 1. The molecule has 2 atom stereocenters. The smallest absolute Gasteiger partial charge is 0.326 e.